The summed E-state index contributed by atoms with van der Waals surface area (Å²) in [7, 11) is 0. The van der Waals surface area contributed by atoms with Crippen LogP contribution in [0.1, 0.15) is 48.6 Å². The van der Waals surface area contributed by atoms with Crippen LogP contribution in [0.25, 0.3) is 17.3 Å². The minimum Gasteiger partial charge on any atom is -0.465 e. The number of halogens is 3. The largest absolute Gasteiger partial charge is 0.465 e. The van der Waals surface area contributed by atoms with Gasteiger partial charge in [-0.25, -0.2) is 4.79 Å². The molecule has 1 saturated heterocycles. The highest BCUT2D eigenvalue weighted by molar-refractivity contribution is 5.75. The van der Waals surface area contributed by atoms with E-state index in [9.17, 15) is 18.0 Å². The first kappa shape index (κ1) is 19.1. The van der Waals surface area contributed by atoms with E-state index in [1.807, 2.05) is 12.2 Å². The van der Waals surface area contributed by atoms with Crippen molar-refractivity contribution in [2.24, 2.45) is 11.3 Å². The molecule has 6 nitrogen and oxygen atoms in total. The molecule has 3 fully saturated rings. The van der Waals surface area contributed by atoms with E-state index in [1.54, 1.807) is 0 Å². The van der Waals surface area contributed by atoms with E-state index in [0.717, 1.165) is 31.9 Å². The number of pyridine rings is 1. The van der Waals surface area contributed by atoms with Crippen LogP contribution in [-0.2, 0) is 6.18 Å². The lowest BCUT2D eigenvalue weighted by Gasteiger charge is -2.57. The van der Waals surface area contributed by atoms with E-state index in [0.29, 0.717) is 24.4 Å². The first-order valence-corrected chi connectivity index (χ1v) is 9.94. The second-order valence-electron chi connectivity index (χ2n) is 8.65. The van der Waals surface area contributed by atoms with Crippen LogP contribution >= 0.6 is 0 Å². The minimum atomic E-state index is -4.59. The van der Waals surface area contributed by atoms with Crippen LogP contribution in [0.15, 0.2) is 28.9 Å². The standard InChI is InChI=1S/C21H20F3N3O3/c22-21(23,24)18-15(2-1-7-25-18)16-14(17(30-26-16)13-4-5-13)6-3-12-8-20(9-12)10-27(11-20)19(28)29/h1-3,6-7,12-13H,4-5,8-11H2,(H,28,29). The summed E-state index contributed by atoms with van der Waals surface area (Å²) >= 11 is 0. The number of carbonyl (C=O) groups is 1. The first-order chi connectivity index (χ1) is 14.3. The molecular weight excluding hydrogens is 399 g/mol. The number of hydrogen-bond donors (Lipinski definition) is 1. The zero-order chi connectivity index (χ0) is 21.1. The highest BCUT2D eigenvalue weighted by Gasteiger charge is 2.53. The minimum absolute atomic E-state index is 0.0665. The summed E-state index contributed by atoms with van der Waals surface area (Å²) in [5.41, 5.74) is -0.222. The maximum Gasteiger partial charge on any atom is 0.434 e. The number of hydrogen-bond acceptors (Lipinski definition) is 4. The molecule has 0 atom stereocenters. The number of nitrogens with zero attached hydrogens (tertiary/aromatic N) is 3. The summed E-state index contributed by atoms with van der Waals surface area (Å²) in [6.07, 6.45) is 3.12. The maximum absolute atomic E-state index is 13.5. The van der Waals surface area contributed by atoms with Crippen molar-refractivity contribution in [3.05, 3.63) is 41.4 Å². The van der Waals surface area contributed by atoms with Gasteiger partial charge in [-0.2, -0.15) is 13.2 Å². The molecule has 3 heterocycles. The van der Waals surface area contributed by atoms with E-state index >= 15 is 0 Å². The quantitative estimate of drug-likeness (QED) is 0.751. The van der Waals surface area contributed by atoms with E-state index in [-0.39, 0.29) is 28.5 Å². The SMILES string of the molecule is O=C(O)N1CC2(CC(C=Cc3c(-c4cccnc4C(F)(F)F)noc3C3CC3)C2)C1. The van der Waals surface area contributed by atoms with Crippen molar-refractivity contribution < 1.29 is 27.6 Å². The lowest BCUT2D eigenvalue weighted by atomic mass is 9.58. The molecule has 1 aliphatic heterocycles. The Balaban J connectivity index is 1.40. The summed E-state index contributed by atoms with van der Waals surface area (Å²) in [4.78, 5) is 15.9. The predicted molar refractivity (Wildman–Crippen MR) is 100 cm³/mol. The zero-order valence-electron chi connectivity index (χ0n) is 16.0. The zero-order valence-corrected chi connectivity index (χ0v) is 16.0. The summed E-state index contributed by atoms with van der Waals surface area (Å²) in [6.45, 7) is 1.12. The molecule has 0 unspecified atom stereocenters. The normalized spacial score (nSPS) is 21.1. The fraction of sp³-hybridized carbons (Fsp3) is 0.476. The third kappa shape index (κ3) is 3.26. The number of carboxylic acid groups (broad SMARTS) is 1. The summed E-state index contributed by atoms with van der Waals surface area (Å²) in [5, 5.41) is 13.0. The number of aromatic nitrogens is 2. The predicted octanol–water partition coefficient (Wildman–Crippen LogP) is 5.04. The fourth-order valence-electron chi connectivity index (χ4n) is 4.71. The van der Waals surface area contributed by atoms with Crippen LogP contribution in [0.4, 0.5) is 18.0 Å². The van der Waals surface area contributed by atoms with Gasteiger partial charge in [-0.15, -0.1) is 0 Å². The van der Waals surface area contributed by atoms with Gasteiger partial charge in [-0.05, 0) is 43.7 Å². The molecule has 158 valence electrons. The maximum atomic E-state index is 13.5. The molecule has 0 aromatic carbocycles. The molecule has 3 aliphatic rings. The number of alkyl halides is 3. The van der Waals surface area contributed by atoms with Crippen LogP contribution in [-0.4, -0.2) is 39.3 Å². The Bertz CT molecular complexity index is 1010. The Morgan fingerprint density at radius 3 is 2.67 bits per heavy atom. The molecule has 1 spiro atoms. The van der Waals surface area contributed by atoms with Crippen LogP contribution in [0.3, 0.4) is 0 Å². The Morgan fingerprint density at radius 1 is 1.30 bits per heavy atom. The van der Waals surface area contributed by atoms with Gasteiger partial charge in [0.25, 0.3) is 0 Å². The molecule has 5 rings (SSSR count). The lowest BCUT2D eigenvalue weighted by Crippen LogP contribution is -2.63. The van der Waals surface area contributed by atoms with E-state index in [4.69, 9.17) is 9.63 Å². The Labute approximate surface area is 170 Å². The highest BCUT2D eigenvalue weighted by atomic mass is 19.4. The average molecular weight is 419 g/mol. The Kier molecular flexibility index (Phi) is 4.20. The van der Waals surface area contributed by atoms with Gasteiger partial charge in [0.1, 0.15) is 11.5 Å². The van der Waals surface area contributed by atoms with Gasteiger partial charge in [0, 0.05) is 41.7 Å². The third-order valence-corrected chi connectivity index (χ3v) is 6.28. The summed E-state index contributed by atoms with van der Waals surface area (Å²) < 4.78 is 45.8. The van der Waals surface area contributed by atoms with Crippen molar-refractivity contribution in [3.8, 4) is 11.3 Å². The van der Waals surface area contributed by atoms with Crippen LogP contribution in [0, 0.1) is 11.3 Å². The number of amides is 1. The molecule has 1 N–H and O–H groups in total. The molecule has 2 aliphatic carbocycles. The molecule has 30 heavy (non-hydrogen) atoms. The number of rotatable bonds is 4. The molecule has 2 saturated carbocycles. The molecule has 2 aromatic rings. The van der Waals surface area contributed by atoms with Crippen molar-refractivity contribution in [2.75, 3.05) is 13.1 Å². The van der Waals surface area contributed by atoms with Gasteiger partial charge in [-0.3, -0.25) is 4.98 Å². The smallest absolute Gasteiger partial charge is 0.434 e. The fourth-order valence-corrected chi connectivity index (χ4v) is 4.71. The molecule has 1 amide bonds. The van der Waals surface area contributed by atoms with Gasteiger partial charge < -0.3 is 14.5 Å². The van der Waals surface area contributed by atoms with Gasteiger partial charge in [0.2, 0.25) is 0 Å². The first-order valence-electron chi connectivity index (χ1n) is 9.94. The molecular formula is C21H20F3N3O3. The summed E-state index contributed by atoms with van der Waals surface area (Å²) in [6, 6.07) is 2.83. The topological polar surface area (TPSA) is 79.5 Å². The van der Waals surface area contributed by atoms with Gasteiger partial charge in [-0.1, -0.05) is 17.3 Å². The van der Waals surface area contributed by atoms with Gasteiger partial charge >= 0.3 is 12.3 Å². The molecule has 0 bridgehead atoms. The highest BCUT2D eigenvalue weighted by Crippen LogP contribution is 2.53. The van der Waals surface area contributed by atoms with Crippen molar-refractivity contribution >= 4 is 12.2 Å². The van der Waals surface area contributed by atoms with Gasteiger partial charge in [0.05, 0.1) is 0 Å². The van der Waals surface area contributed by atoms with Crippen LogP contribution < -0.4 is 0 Å². The Morgan fingerprint density at radius 2 is 2.03 bits per heavy atom. The van der Waals surface area contributed by atoms with Gasteiger partial charge in [0.15, 0.2) is 5.69 Å². The molecule has 2 aromatic heterocycles. The molecule has 9 heteroatoms. The summed E-state index contributed by atoms with van der Waals surface area (Å²) in [5.74, 6) is 1.10. The van der Waals surface area contributed by atoms with Crippen molar-refractivity contribution in [2.45, 2.75) is 37.8 Å². The Hall–Kier alpha value is -2.84. The van der Waals surface area contributed by atoms with Crippen molar-refractivity contribution in [3.63, 3.8) is 0 Å². The average Bonchev–Trinajstić information content (AvgIpc) is 3.38. The third-order valence-electron chi connectivity index (χ3n) is 6.28. The molecule has 0 radical (unpaired) electrons. The van der Waals surface area contributed by atoms with Crippen LogP contribution in [0.5, 0.6) is 0 Å². The number of allylic oxidation sites excluding steroid dienone is 1. The van der Waals surface area contributed by atoms with E-state index < -0.39 is 18.0 Å². The van der Waals surface area contributed by atoms with Crippen molar-refractivity contribution in [1.29, 1.82) is 0 Å². The van der Waals surface area contributed by atoms with Crippen molar-refractivity contribution in [1.82, 2.24) is 15.0 Å². The van der Waals surface area contributed by atoms with E-state index in [2.05, 4.69) is 10.1 Å². The second kappa shape index (κ2) is 6.58. The van der Waals surface area contributed by atoms with E-state index in [1.165, 1.54) is 17.0 Å². The monoisotopic (exact) mass is 419 g/mol. The second-order valence-corrected chi connectivity index (χ2v) is 8.65. The van der Waals surface area contributed by atoms with Crippen LogP contribution in [0.2, 0.25) is 0 Å². The number of likely N-dealkylation sites (tertiary alicyclic amines) is 1. The lowest BCUT2D eigenvalue weighted by molar-refractivity contribution is -0.140.